The Labute approximate surface area is 170 Å². The van der Waals surface area contributed by atoms with E-state index in [1.54, 1.807) is 0 Å². The number of hydrogen-bond acceptors (Lipinski definition) is 5. The van der Waals surface area contributed by atoms with Crippen LogP contribution in [0.15, 0.2) is 0 Å². The molecule has 0 heterocycles. The molecule has 0 saturated heterocycles. The first-order chi connectivity index (χ1) is 13.3. The number of hydrogen-bond donors (Lipinski definition) is 4. The van der Waals surface area contributed by atoms with Crippen LogP contribution < -0.4 is 11.2 Å². The van der Waals surface area contributed by atoms with Crippen LogP contribution in [0.5, 0.6) is 0 Å². The van der Waals surface area contributed by atoms with Gasteiger partial charge in [0.15, 0.2) is 0 Å². The Bertz CT molecular complexity index is 574. The summed E-state index contributed by atoms with van der Waals surface area (Å²) in [5.41, 5.74) is 8.44. The molecule has 0 aromatic rings. The van der Waals surface area contributed by atoms with Crippen molar-refractivity contribution in [3.05, 3.63) is 0 Å². The first-order valence-electron chi connectivity index (χ1n) is 11.7. The standard InChI is InChI=1S/C23H42N2O3/c1-15(25-28-13-12-24)18-8-11-23(27)20-5-4-16-14-17(26)6-9-21(16,2)19(20)7-10-22(18,23)3/h15-20,25-27H,4-14,24H2,1-3H3/t15?,16-,17+,18-,19+,20-,21+,22-,23+/m1/s1. The summed E-state index contributed by atoms with van der Waals surface area (Å²) < 4.78 is 0. The van der Waals surface area contributed by atoms with E-state index < -0.39 is 5.60 Å². The first-order valence-corrected chi connectivity index (χ1v) is 11.7. The molecule has 0 amide bonds. The van der Waals surface area contributed by atoms with Crippen molar-refractivity contribution in [2.45, 2.75) is 96.3 Å². The van der Waals surface area contributed by atoms with Gasteiger partial charge in [0, 0.05) is 18.0 Å². The summed E-state index contributed by atoms with van der Waals surface area (Å²) in [6.07, 6.45) is 9.53. The molecule has 0 aliphatic heterocycles. The lowest BCUT2D eigenvalue weighted by Crippen LogP contribution is -2.63. The Balaban J connectivity index is 1.55. The van der Waals surface area contributed by atoms with Crippen molar-refractivity contribution in [3.8, 4) is 0 Å². The Kier molecular flexibility index (Phi) is 5.63. The molecule has 0 bridgehead atoms. The average molecular weight is 395 g/mol. The summed E-state index contributed by atoms with van der Waals surface area (Å²) >= 11 is 0. The second kappa shape index (κ2) is 7.49. The van der Waals surface area contributed by atoms with E-state index in [1.807, 2.05) is 0 Å². The van der Waals surface area contributed by atoms with Gasteiger partial charge < -0.3 is 20.8 Å². The highest BCUT2D eigenvalue weighted by molar-refractivity contribution is 5.17. The molecule has 5 nitrogen and oxygen atoms in total. The predicted molar refractivity (Wildman–Crippen MR) is 110 cm³/mol. The monoisotopic (exact) mass is 394 g/mol. The molecule has 9 atom stereocenters. The van der Waals surface area contributed by atoms with E-state index in [9.17, 15) is 10.2 Å². The summed E-state index contributed by atoms with van der Waals surface area (Å²) in [5, 5.41) is 22.4. The van der Waals surface area contributed by atoms with Gasteiger partial charge in [0.25, 0.3) is 0 Å². The summed E-state index contributed by atoms with van der Waals surface area (Å²) in [4.78, 5) is 5.54. The topological polar surface area (TPSA) is 87.7 Å². The van der Waals surface area contributed by atoms with Crippen molar-refractivity contribution < 1.29 is 15.1 Å². The molecule has 4 aliphatic carbocycles. The lowest BCUT2D eigenvalue weighted by Gasteiger charge is -2.63. The SMILES string of the molecule is CC(NOCCN)[C@H]1CC[C@]2(O)[C@@H]3CC[C@@H]4C[C@@H](O)CC[C@]4(C)[C@H]3CC[C@]12C. The molecule has 4 fully saturated rings. The Morgan fingerprint density at radius 2 is 1.86 bits per heavy atom. The number of nitrogens with one attached hydrogen (secondary N) is 1. The minimum absolute atomic E-state index is 0.0516. The van der Waals surface area contributed by atoms with Crippen molar-refractivity contribution in [1.82, 2.24) is 5.48 Å². The van der Waals surface area contributed by atoms with E-state index >= 15 is 0 Å². The normalized spacial score (nSPS) is 51.9. The lowest BCUT2D eigenvalue weighted by atomic mass is 9.43. The molecular formula is C23H42N2O3. The highest BCUT2D eigenvalue weighted by Crippen LogP contribution is 2.69. The third-order valence-corrected chi connectivity index (χ3v) is 9.99. The van der Waals surface area contributed by atoms with Crippen molar-refractivity contribution >= 4 is 0 Å². The lowest BCUT2D eigenvalue weighted by molar-refractivity contribution is -0.213. The van der Waals surface area contributed by atoms with E-state index in [-0.39, 0.29) is 17.6 Å². The Hall–Kier alpha value is -0.200. The van der Waals surface area contributed by atoms with Crippen molar-refractivity contribution in [3.63, 3.8) is 0 Å². The maximum atomic E-state index is 12.2. The Morgan fingerprint density at radius 1 is 1.07 bits per heavy atom. The maximum Gasteiger partial charge on any atom is 0.0804 e. The van der Waals surface area contributed by atoms with Gasteiger partial charge in [0.1, 0.15) is 0 Å². The third kappa shape index (κ3) is 2.99. The molecule has 5 N–H and O–H groups in total. The number of rotatable bonds is 5. The second-order valence-electron chi connectivity index (χ2n) is 11.0. The van der Waals surface area contributed by atoms with Crippen LogP contribution in [-0.4, -0.2) is 41.1 Å². The van der Waals surface area contributed by atoms with Crippen LogP contribution in [0.1, 0.15) is 78.6 Å². The molecule has 0 spiro atoms. The number of fused-ring (bicyclic) bond motifs is 5. The predicted octanol–water partition coefficient (Wildman–Crippen LogP) is 2.99. The van der Waals surface area contributed by atoms with Crippen molar-refractivity contribution in [2.75, 3.05) is 13.2 Å². The highest BCUT2D eigenvalue weighted by atomic mass is 16.6. The number of aliphatic hydroxyl groups is 2. The van der Waals surface area contributed by atoms with Gasteiger partial charge in [-0.2, -0.15) is 5.48 Å². The maximum absolute atomic E-state index is 12.2. The second-order valence-corrected chi connectivity index (χ2v) is 11.0. The van der Waals surface area contributed by atoms with Crippen LogP contribution in [-0.2, 0) is 4.84 Å². The number of nitrogens with two attached hydrogens (primary N) is 1. The minimum Gasteiger partial charge on any atom is -0.393 e. The van der Waals surface area contributed by atoms with Crippen molar-refractivity contribution in [2.24, 2.45) is 40.2 Å². The third-order valence-electron chi connectivity index (χ3n) is 9.99. The van der Waals surface area contributed by atoms with Crippen molar-refractivity contribution in [1.29, 1.82) is 0 Å². The summed E-state index contributed by atoms with van der Waals surface area (Å²) in [7, 11) is 0. The van der Waals surface area contributed by atoms with Gasteiger partial charge in [-0.05, 0) is 93.8 Å². The molecule has 4 rings (SSSR count). The van der Waals surface area contributed by atoms with E-state index in [1.165, 1.54) is 12.8 Å². The fourth-order valence-corrected chi connectivity index (χ4v) is 8.38. The molecule has 162 valence electrons. The fourth-order valence-electron chi connectivity index (χ4n) is 8.38. The molecule has 28 heavy (non-hydrogen) atoms. The molecule has 1 unspecified atom stereocenters. The number of hydroxylamine groups is 1. The summed E-state index contributed by atoms with van der Waals surface area (Å²) in [5.74, 6) is 2.07. The van der Waals surface area contributed by atoms with Crippen LogP contribution in [0.25, 0.3) is 0 Å². The summed E-state index contributed by atoms with van der Waals surface area (Å²) in [6, 6.07) is 0.221. The molecule has 0 radical (unpaired) electrons. The van der Waals surface area contributed by atoms with E-state index in [0.717, 1.165) is 44.9 Å². The van der Waals surface area contributed by atoms with E-state index in [0.29, 0.717) is 42.2 Å². The largest absolute Gasteiger partial charge is 0.393 e. The van der Waals surface area contributed by atoms with Crippen LogP contribution in [0.3, 0.4) is 0 Å². The minimum atomic E-state index is -0.561. The molecular weight excluding hydrogens is 352 g/mol. The first kappa shape index (κ1) is 21.0. The zero-order chi connectivity index (χ0) is 20.2. The molecule has 0 aromatic carbocycles. The molecule has 4 aliphatic rings. The quantitative estimate of drug-likeness (QED) is 0.425. The Morgan fingerprint density at radius 3 is 2.61 bits per heavy atom. The summed E-state index contributed by atoms with van der Waals surface area (Å²) in [6.45, 7) is 8.06. The van der Waals surface area contributed by atoms with Gasteiger partial charge >= 0.3 is 0 Å². The van der Waals surface area contributed by atoms with Gasteiger partial charge in [-0.1, -0.05) is 13.8 Å². The van der Waals surface area contributed by atoms with Gasteiger partial charge in [-0.25, -0.2) is 0 Å². The van der Waals surface area contributed by atoms with Gasteiger partial charge in [-0.3, -0.25) is 0 Å². The van der Waals surface area contributed by atoms with Crippen LogP contribution >= 0.6 is 0 Å². The van der Waals surface area contributed by atoms with Crippen LogP contribution in [0.4, 0.5) is 0 Å². The van der Waals surface area contributed by atoms with Gasteiger partial charge in [-0.15, -0.1) is 0 Å². The zero-order valence-corrected chi connectivity index (χ0v) is 18.1. The van der Waals surface area contributed by atoms with E-state index in [4.69, 9.17) is 10.6 Å². The van der Waals surface area contributed by atoms with Crippen LogP contribution in [0, 0.1) is 34.5 Å². The fraction of sp³-hybridized carbons (Fsp3) is 1.00. The molecule has 5 heteroatoms. The highest BCUT2D eigenvalue weighted by Gasteiger charge is 2.67. The zero-order valence-electron chi connectivity index (χ0n) is 18.1. The van der Waals surface area contributed by atoms with Crippen LogP contribution in [0.2, 0.25) is 0 Å². The molecule has 0 aromatic heterocycles. The number of aliphatic hydroxyl groups excluding tert-OH is 1. The average Bonchev–Trinajstić information content (AvgIpc) is 2.94. The van der Waals surface area contributed by atoms with Gasteiger partial charge in [0.05, 0.1) is 18.3 Å². The van der Waals surface area contributed by atoms with Gasteiger partial charge in [0.2, 0.25) is 0 Å². The van der Waals surface area contributed by atoms with E-state index in [2.05, 4.69) is 26.3 Å². The smallest absolute Gasteiger partial charge is 0.0804 e. The molecule has 4 saturated carbocycles.